The maximum absolute atomic E-state index is 14.4. The van der Waals surface area contributed by atoms with E-state index in [2.05, 4.69) is 74.5 Å². The molecule has 1 unspecified atom stereocenters. The normalized spacial score (nSPS) is 12.1. The van der Waals surface area contributed by atoms with E-state index in [9.17, 15) is 4.39 Å². The number of aryl methyl sites for hydroxylation is 1. The van der Waals surface area contributed by atoms with E-state index in [-0.39, 0.29) is 5.82 Å². The maximum Gasteiger partial charge on any atom is 0.126 e. The maximum atomic E-state index is 14.4. The van der Waals surface area contributed by atoms with Gasteiger partial charge in [0.15, 0.2) is 0 Å². The predicted molar refractivity (Wildman–Crippen MR) is 113 cm³/mol. The molecular formula is C26H29F. The van der Waals surface area contributed by atoms with E-state index < -0.39 is 0 Å². The van der Waals surface area contributed by atoms with Crippen LogP contribution in [0.1, 0.15) is 53.5 Å². The second kappa shape index (κ2) is 9.50. The zero-order valence-electron chi connectivity index (χ0n) is 16.4. The van der Waals surface area contributed by atoms with Crippen LogP contribution in [0.4, 0.5) is 4.39 Å². The minimum Gasteiger partial charge on any atom is -0.207 e. The van der Waals surface area contributed by atoms with Crippen LogP contribution in [-0.4, -0.2) is 0 Å². The fraction of sp³-hybridized carbons (Fsp3) is 0.308. The molecule has 3 aromatic rings. The third kappa shape index (κ3) is 5.07. The first-order chi connectivity index (χ1) is 13.2. The molecule has 3 aromatic carbocycles. The van der Waals surface area contributed by atoms with E-state index in [4.69, 9.17) is 0 Å². The van der Waals surface area contributed by atoms with Gasteiger partial charge in [-0.25, -0.2) is 4.39 Å². The quantitative estimate of drug-likeness (QED) is 0.404. The Labute approximate surface area is 163 Å². The van der Waals surface area contributed by atoms with Crippen molar-refractivity contribution in [3.05, 3.63) is 106 Å². The number of hydrogen-bond donors (Lipinski definition) is 0. The molecule has 0 heterocycles. The van der Waals surface area contributed by atoms with Crippen LogP contribution >= 0.6 is 0 Å². The summed E-state index contributed by atoms with van der Waals surface area (Å²) in [6.45, 7) is 4.21. The topological polar surface area (TPSA) is 0 Å². The van der Waals surface area contributed by atoms with Crippen molar-refractivity contribution in [3.63, 3.8) is 0 Å². The Balaban J connectivity index is 1.90. The SMILES string of the molecule is CCCc1c(F)ccc(C(CCc2ccccc2)Cc2ccccc2)c1C. The van der Waals surface area contributed by atoms with Crippen LogP contribution in [-0.2, 0) is 19.3 Å². The molecule has 0 bridgehead atoms. The Morgan fingerprint density at radius 3 is 2.04 bits per heavy atom. The zero-order chi connectivity index (χ0) is 19.1. The Bertz CT molecular complexity index is 837. The van der Waals surface area contributed by atoms with Crippen molar-refractivity contribution in [2.24, 2.45) is 0 Å². The van der Waals surface area contributed by atoms with E-state index in [1.807, 2.05) is 6.07 Å². The summed E-state index contributed by atoms with van der Waals surface area (Å²) >= 11 is 0. The largest absolute Gasteiger partial charge is 0.207 e. The van der Waals surface area contributed by atoms with Crippen molar-refractivity contribution in [2.75, 3.05) is 0 Å². The summed E-state index contributed by atoms with van der Waals surface area (Å²) < 4.78 is 14.4. The fourth-order valence-corrected chi connectivity index (χ4v) is 3.99. The van der Waals surface area contributed by atoms with E-state index in [0.717, 1.165) is 43.2 Å². The van der Waals surface area contributed by atoms with Crippen LogP contribution < -0.4 is 0 Å². The lowest BCUT2D eigenvalue weighted by Crippen LogP contribution is -2.09. The van der Waals surface area contributed by atoms with Crippen LogP contribution in [0.25, 0.3) is 0 Å². The first kappa shape index (κ1) is 19.4. The molecule has 0 saturated carbocycles. The molecule has 0 aliphatic rings. The predicted octanol–water partition coefficient (Wildman–Crippen LogP) is 7.05. The van der Waals surface area contributed by atoms with Crippen LogP contribution in [0.3, 0.4) is 0 Å². The van der Waals surface area contributed by atoms with E-state index >= 15 is 0 Å². The molecule has 0 aliphatic heterocycles. The van der Waals surface area contributed by atoms with Crippen molar-refractivity contribution in [1.82, 2.24) is 0 Å². The number of hydrogen-bond acceptors (Lipinski definition) is 0. The van der Waals surface area contributed by atoms with E-state index in [0.29, 0.717) is 5.92 Å². The van der Waals surface area contributed by atoms with Crippen molar-refractivity contribution >= 4 is 0 Å². The highest BCUT2D eigenvalue weighted by molar-refractivity contribution is 5.39. The van der Waals surface area contributed by atoms with Crippen LogP contribution in [0, 0.1) is 12.7 Å². The van der Waals surface area contributed by atoms with Crippen molar-refractivity contribution < 1.29 is 4.39 Å². The zero-order valence-corrected chi connectivity index (χ0v) is 16.4. The van der Waals surface area contributed by atoms with Gasteiger partial charge in [-0.05, 0) is 72.4 Å². The second-order valence-corrected chi connectivity index (χ2v) is 7.40. The third-order valence-electron chi connectivity index (χ3n) is 5.47. The first-order valence-electron chi connectivity index (χ1n) is 10.0. The molecule has 0 spiro atoms. The molecular weight excluding hydrogens is 331 g/mol. The lowest BCUT2D eigenvalue weighted by molar-refractivity contribution is 0.589. The molecule has 27 heavy (non-hydrogen) atoms. The molecule has 0 fully saturated rings. The first-order valence-corrected chi connectivity index (χ1v) is 10.0. The standard InChI is InChI=1S/C26H29F/c1-3-10-25-20(2)24(17-18-26(25)27)23(19-22-13-8-5-9-14-22)16-15-21-11-6-4-7-12-21/h4-9,11-14,17-18,23H,3,10,15-16,19H2,1-2H3. The van der Waals surface area contributed by atoms with Gasteiger partial charge in [0.2, 0.25) is 0 Å². The summed E-state index contributed by atoms with van der Waals surface area (Å²) in [5.41, 5.74) is 6.05. The van der Waals surface area contributed by atoms with Gasteiger partial charge >= 0.3 is 0 Å². The van der Waals surface area contributed by atoms with Crippen LogP contribution in [0.15, 0.2) is 72.8 Å². The highest BCUT2D eigenvalue weighted by Gasteiger charge is 2.18. The van der Waals surface area contributed by atoms with Crippen molar-refractivity contribution in [3.8, 4) is 0 Å². The van der Waals surface area contributed by atoms with Gasteiger partial charge in [0.05, 0.1) is 0 Å². The molecule has 1 heteroatoms. The van der Waals surface area contributed by atoms with Gasteiger partial charge in [-0.15, -0.1) is 0 Å². The highest BCUT2D eigenvalue weighted by Crippen LogP contribution is 2.31. The van der Waals surface area contributed by atoms with Crippen LogP contribution in [0.2, 0.25) is 0 Å². The van der Waals surface area contributed by atoms with Gasteiger partial charge in [-0.2, -0.15) is 0 Å². The highest BCUT2D eigenvalue weighted by atomic mass is 19.1. The summed E-state index contributed by atoms with van der Waals surface area (Å²) in [6, 6.07) is 25.0. The summed E-state index contributed by atoms with van der Waals surface area (Å²) in [6.07, 6.45) is 4.87. The van der Waals surface area contributed by atoms with Crippen molar-refractivity contribution in [2.45, 2.75) is 51.9 Å². The van der Waals surface area contributed by atoms with E-state index in [1.54, 1.807) is 6.07 Å². The third-order valence-corrected chi connectivity index (χ3v) is 5.47. The van der Waals surface area contributed by atoms with Gasteiger partial charge in [0, 0.05) is 0 Å². The number of rotatable bonds is 8. The Hall–Kier alpha value is -2.41. The average molecular weight is 361 g/mol. The Morgan fingerprint density at radius 2 is 1.41 bits per heavy atom. The van der Waals surface area contributed by atoms with Crippen molar-refractivity contribution in [1.29, 1.82) is 0 Å². The summed E-state index contributed by atoms with van der Waals surface area (Å²) in [5, 5.41) is 0. The molecule has 0 aromatic heterocycles. The van der Waals surface area contributed by atoms with Gasteiger partial charge in [0.25, 0.3) is 0 Å². The average Bonchev–Trinajstić information content (AvgIpc) is 2.70. The summed E-state index contributed by atoms with van der Waals surface area (Å²) in [4.78, 5) is 0. The molecule has 0 nitrogen and oxygen atoms in total. The van der Waals surface area contributed by atoms with E-state index in [1.165, 1.54) is 16.7 Å². The molecule has 140 valence electrons. The molecule has 0 amide bonds. The summed E-state index contributed by atoms with van der Waals surface area (Å²) in [7, 11) is 0. The van der Waals surface area contributed by atoms with Crippen LogP contribution in [0.5, 0.6) is 0 Å². The Kier molecular flexibility index (Phi) is 6.81. The van der Waals surface area contributed by atoms with Gasteiger partial charge < -0.3 is 0 Å². The minimum atomic E-state index is -0.0559. The lowest BCUT2D eigenvalue weighted by atomic mass is 9.83. The molecule has 0 radical (unpaired) electrons. The van der Waals surface area contributed by atoms with Gasteiger partial charge in [-0.3, -0.25) is 0 Å². The number of benzene rings is 3. The Morgan fingerprint density at radius 1 is 0.778 bits per heavy atom. The molecule has 0 N–H and O–H groups in total. The number of halogens is 1. The monoisotopic (exact) mass is 360 g/mol. The fourth-order valence-electron chi connectivity index (χ4n) is 3.99. The summed E-state index contributed by atoms with van der Waals surface area (Å²) in [5.74, 6) is 0.337. The molecule has 0 aliphatic carbocycles. The molecule has 1 atom stereocenters. The smallest absolute Gasteiger partial charge is 0.126 e. The van der Waals surface area contributed by atoms with Gasteiger partial charge in [-0.1, -0.05) is 80.1 Å². The van der Waals surface area contributed by atoms with Gasteiger partial charge in [0.1, 0.15) is 5.82 Å². The second-order valence-electron chi connectivity index (χ2n) is 7.40. The molecule has 0 saturated heterocycles. The minimum absolute atomic E-state index is 0.0559. The molecule has 3 rings (SSSR count). The lowest BCUT2D eigenvalue weighted by Gasteiger charge is -2.22.